The number of rotatable bonds is 9. The topological polar surface area (TPSA) is 31.0 Å². The molecule has 1 aromatic rings. The van der Waals surface area contributed by atoms with Crippen LogP contribution in [0.15, 0.2) is 30.3 Å². The number of benzene rings is 1. The van der Waals surface area contributed by atoms with Gasteiger partial charge in [0.15, 0.2) is 0 Å². The van der Waals surface area contributed by atoms with Crippen molar-refractivity contribution < 1.29 is 13.6 Å². The lowest BCUT2D eigenvalue weighted by molar-refractivity contribution is 0.251. The van der Waals surface area contributed by atoms with E-state index in [-0.39, 0.29) is 0 Å². The second kappa shape index (κ2) is 8.05. The van der Waals surface area contributed by atoms with Crippen LogP contribution in [0.4, 0.5) is 0 Å². The summed E-state index contributed by atoms with van der Waals surface area (Å²) >= 11 is 0. The smallest absolute Gasteiger partial charge is 0.334 e. The van der Waals surface area contributed by atoms with Gasteiger partial charge in [0.1, 0.15) is 0 Å². The van der Waals surface area contributed by atoms with Gasteiger partial charge in [-0.2, -0.15) is 0 Å². The zero-order valence-corrected chi connectivity index (χ0v) is 18.3. The Kier molecular flexibility index (Phi) is 6.21. The first-order valence-corrected chi connectivity index (χ1v) is 15.2. The lowest BCUT2D eigenvalue weighted by Crippen LogP contribution is -2.47. The Balaban J connectivity index is 1.65. The summed E-state index contributed by atoms with van der Waals surface area (Å²) in [5.74, 6) is 0.868. The highest BCUT2D eigenvalue weighted by atomic mass is 28.4. The van der Waals surface area contributed by atoms with E-state index in [1.54, 1.807) is 5.19 Å². The average molecular weight is 379 g/mol. The molecule has 25 heavy (non-hydrogen) atoms. The molecule has 1 heterocycles. The molecule has 2 aliphatic rings. The molecular formula is C20H34O3Si2. The van der Waals surface area contributed by atoms with E-state index < -0.39 is 16.6 Å². The van der Waals surface area contributed by atoms with Crippen LogP contribution < -0.4 is 5.19 Å². The van der Waals surface area contributed by atoms with E-state index in [0.717, 1.165) is 12.0 Å². The molecule has 4 unspecified atom stereocenters. The molecule has 1 saturated carbocycles. The molecule has 0 radical (unpaired) electrons. The largest absolute Gasteiger partial charge is 0.398 e. The quantitative estimate of drug-likeness (QED) is 0.474. The summed E-state index contributed by atoms with van der Waals surface area (Å²) in [7, 11) is 0.0970. The lowest BCUT2D eigenvalue weighted by atomic mass is 9.87. The Hall–Kier alpha value is -0.466. The summed E-state index contributed by atoms with van der Waals surface area (Å²) in [6, 6.07) is 15.0. The predicted octanol–water partition coefficient (Wildman–Crippen LogP) is 4.29. The third-order valence-electron chi connectivity index (χ3n) is 6.68. The summed E-state index contributed by atoms with van der Waals surface area (Å²) in [5.41, 5.74) is 0. The van der Waals surface area contributed by atoms with Gasteiger partial charge in [0.25, 0.3) is 0 Å². The molecule has 0 spiro atoms. The summed E-state index contributed by atoms with van der Waals surface area (Å²) in [4.78, 5) is 0. The van der Waals surface area contributed by atoms with Crippen molar-refractivity contribution >= 4 is 21.8 Å². The van der Waals surface area contributed by atoms with Crippen molar-refractivity contribution in [3.63, 3.8) is 0 Å². The van der Waals surface area contributed by atoms with Crippen LogP contribution in [0, 0.1) is 5.92 Å². The molecule has 140 valence electrons. The monoisotopic (exact) mass is 378 g/mol. The van der Waals surface area contributed by atoms with Crippen LogP contribution in [0.5, 0.6) is 0 Å². The number of fused-ring (bicyclic) bond motifs is 1. The molecule has 0 amide bonds. The van der Waals surface area contributed by atoms with Crippen molar-refractivity contribution in [2.45, 2.75) is 69.1 Å². The fourth-order valence-electron chi connectivity index (χ4n) is 4.32. The molecule has 1 aliphatic carbocycles. The van der Waals surface area contributed by atoms with E-state index in [0.29, 0.717) is 12.2 Å². The normalized spacial score (nSPS) is 28.2. The maximum atomic E-state index is 5.75. The fourth-order valence-corrected chi connectivity index (χ4v) is 11.8. The van der Waals surface area contributed by atoms with Crippen molar-refractivity contribution in [2.75, 3.05) is 14.2 Å². The van der Waals surface area contributed by atoms with E-state index >= 15 is 0 Å². The first-order chi connectivity index (χ1) is 12.0. The molecule has 2 fully saturated rings. The summed E-state index contributed by atoms with van der Waals surface area (Å²) in [6.07, 6.45) is 6.53. The summed E-state index contributed by atoms with van der Waals surface area (Å²) < 4.78 is 17.2. The van der Waals surface area contributed by atoms with Gasteiger partial charge >= 0.3 is 8.56 Å². The van der Waals surface area contributed by atoms with E-state index in [2.05, 4.69) is 43.4 Å². The van der Waals surface area contributed by atoms with Gasteiger partial charge in [-0.15, -0.1) is 0 Å². The summed E-state index contributed by atoms with van der Waals surface area (Å²) in [6.45, 7) is 4.76. The van der Waals surface area contributed by atoms with Gasteiger partial charge in [0.2, 0.25) is 0 Å². The van der Waals surface area contributed by atoms with Gasteiger partial charge < -0.3 is 13.6 Å². The van der Waals surface area contributed by atoms with E-state index in [1.807, 2.05) is 14.2 Å². The Bertz CT molecular complexity index is 549. The third-order valence-corrected chi connectivity index (χ3v) is 14.5. The van der Waals surface area contributed by atoms with Crippen molar-refractivity contribution in [2.24, 2.45) is 5.92 Å². The molecule has 5 heteroatoms. The summed E-state index contributed by atoms with van der Waals surface area (Å²) in [5, 5.41) is 1.59. The van der Waals surface area contributed by atoms with Crippen molar-refractivity contribution in [3.05, 3.63) is 30.3 Å². The molecule has 0 bridgehead atoms. The van der Waals surface area contributed by atoms with Crippen LogP contribution in [0.25, 0.3) is 0 Å². The van der Waals surface area contributed by atoms with Crippen LogP contribution in [-0.4, -0.2) is 43.1 Å². The molecule has 3 nitrogen and oxygen atoms in total. The zero-order chi connectivity index (χ0) is 17.9. The molecule has 4 atom stereocenters. The second-order valence-electron chi connectivity index (χ2n) is 8.40. The maximum Gasteiger partial charge on any atom is 0.334 e. The van der Waals surface area contributed by atoms with Crippen LogP contribution in [-0.2, 0) is 13.6 Å². The Morgan fingerprint density at radius 2 is 1.68 bits per heavy atom. The molecule has 1 saturated heterocycles. The number of hydrogen-bond donors (Lipinski definition) is 0. The maximum absolute atomic E-state index is 5.75. The lowest BCUT2D eigenvalue weighted by Gasteiger charge is -2.33. The van der Waals surface area contributed by atoms with Gasteiger partial charge in [0, 0.05) is 14.2 Å². The van der Waals surface area contributed by atoms with E-state index in [1.165, 1.54) is 37.8 Å². The molecule has 0 aromatic heterocycles. The van der Waals surface area contributed by atoms with Crippen LogP contribution >= 0.6 is 0 Å². The fraction of sp³-hybridized carbons (Fsp3) is 0.700. The molecule has 0 N–H and O–H groups in total. The minimum absolute atomic E-state index is 0.598. The van der Waals surface area contributed by atoms with Gasteiger partial charge in [-0.05, 0) is 37.8 Å². The molecule has 1 aromatic carbocycles. The molecular weight excluding hydrogens is 344 g/mol. The number of epoxide rings is 1. The minimum Gasteiger partial charge on any atom is -0.398 e. The van der Waals surface area contributed by atoms with Gasteiger partial charge in [-0.3, -0.25) is 0 Å². The number of hydrogen-bond acceptors (Lipinski definition) is 3. The second-order valence-corrected chi connectivity index (χ2v) is 16.7. The van der Waals surface area contributed by atoms with Gasteiger partial charge in [-0.1, -0.05) is 60.6 Å². The Morgan fingerprint density at radius 3 is 2.32 bits per heavy atom. The predicted molar refractivity (Wildman–Crippen MR) is 108 cm³/mol. The van der Waals surface area contributed by atoms with E-state index in [9.17, 15) is 0 Å². The number of ether oxygens (including phenoxy) is 1. The average Bonchev–Trinajstić information content (AvgIpc) is 3.44. The third kappa shape index (κ3) is 4.83. The van der Waals surface area contributed by atoms with Crippen LogP contribution in [0.3, 0.4) is 0 Å². The molecule has 1 aliphatic heterocycles. The Morgan fingerprint density at radius 1 is 0.960 bits per heavy atom. The molecule has 3 rings (SSSR count). The SMILES string of the molecule is CO[Si](C)(CC[Si](C)(CCC1CCC2OC2C1)c1ccccc1)OC. The standard InChI is InChI=1S/C20H34O3Si2/c1-21-25(4,22-2)15-14-24(3,18-8-6-5-7-9-18)13-12-17-10-11-19-20(16-17)23-19/h5-9,17,19-20H,10-16H2,1-4H3. The van der Waals surface area contributed by atoms with Crippen LogP contribution in [0.1, 0.15) is 25.7 Å². The Labute approximate surface area is 155 Å². The zero-order valence-electron chi connectivity index (χ0n) is 16.3. The highest BCUT2D eigenvalue weighted by Crippen LogP contribution is 2.42. The first kappa shape index (κ1) is 19.3. The van der Waals surface area contributed by atoms with Gasteiger partial charge in [-0.25, -0.2) is 0 Å². The van der Waals surface area contributed by atoms with Gasteiger partial charge in [0.05, 0.1) is 20.3 Å². The highest BCUT2D eigenvalue weighted by molar-refractivity contribution is 6.91. The first-order valence-electron chi connectivity index (χ1n) is 9.79. The van der Waals surface area contributed by atoms with Crippen molar-refractivity contribution in [1.29, 1.82) is 0 Å². The van der Waals surface area contributed by atoms with Crippen LogP contribution in [0.2, 0.25) is 31.2 Å². The highest BCUT2D eigenvalue weighted by Gasteiger charge is 2.44. The van der Waals surface area contributed by atoms with Crippen molar-refractivity contribution in [3.8, 4) is 0 Å². The minimum atomic E-state index is -2.00. The van der Waals surface area contributed by atoms with E-state index in [4.69, 9.17) is 13.6 Å². The van der Waals surface area contributed by atoms with Crippen molar-refractivity contribution in [1.82, 2.24) is 0 Å².